The number of aliphatic hydroxyl groups excluding tert-OH is 4. The molecule has 0 aliphatic carbocycles. The van der Waals surface area contributed by atoms with Crippen molar-refractivity contribution in [2.75, 3.05) is 13.2 Å². The molecule has 3 aliphatic heterocycles. The van der Waals surface area contributed by atoms with Crippen molar-refractivity contribution >= 4 is 37.4 Å². The second kappa shape index (κ2) is 16.9. The van der Waals surface area contributed by atoms with Crippen molar-refractivity contribution in [3.63, 3.8) is 0 Å². The van der Waals surface area contributed by atoms with Gasteiger partial charge in [0.15, 0.2) is 0 Å². The van der Waals surface area contributed by atoms with Crippen molar-refractivity contribution in [2.45, 2.75) is 96.2 Å². The lowest BCUT2D eigenvalue weighted by molar-refractivity contribution is -0.187. The second-order valence-corrected chi connectivity index (χ2v) is 15.3. The van der Waals surface area contributed by atoms with Crippen molar-refractivity contribution < 1.29 is 52.7 Å². The predicted molar refractivity (Wildman–Crippen MR) is 166 cm³/mol. The third-order valence-corrected chi connectivity index (χ3v) is 10.7. The average molecular weight is 673 g/mol. The SMILES string of the molecule is C/C(=C\C(=O)OCCCCCCCC(=O)NC1=C2SS(=O)(=O)C=C2NC1=O)[C@@H](O)[C@@H]1OC[C@H](C/C=C/[C@@H](C)[C@H](C)O)[C@@H](O)[C@H]1O. The lowest BCUT2D eigenvalue weighted by Crippen LogP contribution is -2.54. The zero-order chi connectivity index (χ0) is 33.3. The van der Waals surface area contributed by atoms with Crippen LogP contribution in [0.2, 0.25) is 0 Å². The van der Waals surface area contributed by atoms with Crippen LogP contribution in [0.25, 0.3) is 0 Å². The zero-order valence-electron chi connectivity index (χ0n) is 25.7. The molecule has 1 saturated heterocycles. The Morgan fingerprint density at radius 2 is 1.84 bits per heavy atom. The van der Waals surface area contributed by atoms with Crippen LogP contribution in [0.4, 0.5) is 0 Å². The molecule has 0 spiro atoms. The topological polar surface area (TPSA) is 209 Å². The first kappa shape index (κ1) is 36.9. The van der Waals surface area contributed by atoms with Gasteiger partial charge in [-0.1, -0.05) is 38.3 Å². The van der Waals surface area contributed by atoms with Crippen LogP contribution in [0, 0.1) is 11.8 Å². The van der Waals surface area contributed by atoms with E-state index in [0.29, 0.717) is 30.1 Å². The quantitative estimate of drug-likeness (QED) is 0.0450. The van der Waals surface area contributed by atoms with Crippen LogP contribution in [0.5, 0.6) is 0 Å². The largest absolute Gasteiger partial charge is 0.463 e. The number of rotatable bonds is 16. The van der Waals surface area contributed by atoms with Gasteiger partial charge in [0.1, 0.15) is 24.0 Å². The number of aliphatic hydroxyl groups is 4. The standard InChI is InChI=1S/C30H44N2O11S2/c1-17(19(3)33)10-9-11-20-15-43-28(27(38)26(20)37)25(36)18(2)14-23(35)42-13-8-6-4-5-7-12-22(34)32-24-29-21(31-30(24)39)16-45(40,41)44-29/h9-10,14,16-17,19-20,25-28,33,36-38H,4-8,11-13,15H2,1-3H3,(H,31,39)(H,32,34)/b10-9+,18-14+/t17-,19+,20+,25-,26-,27-,28+/m1/s1. The summed E-state index contributed by atoms with van der Waals surface area (Å²) in [6, 6.07) is 0. The van der Waals surface area contributed by atoms with E-state index in [9.17, 15) is 43.2 Å². The minimum Gasteiger partial charge on any atom is -0.463 e. The van der Waals surface area contributed by atoms with Crippen LogP contribution < -0.4 is 10.6 Å². The van der Waals surface area contributed by atoms with Crippen LogP contribution >= 0.6 is 10.8 Å². The van der Waals surface area contributed by atoms with Gasteiger partial charge in [0.05, 0.1) is 41.4 Å². The van der Waals surface area contributed by atoms with Crippen LogP contribution in [-0.2, 0) is 32.7 Å². The Hall–Kier alpha value is -2.53. The molecular formula is C30H44N2O11S2. The molecule has 2 amide bonds. The monoisotopic (exact) mass is 672 g/mol. The number of fused-ring (bicyclic) bond motifs is 1. The first-order valence-electron chi connectivity index (χ1n) is 15.1. The summed E-state index contributed by atoms with van der Waals surface area (Å²) in [5, 5.41) is 47.3. The molecule has 0 radical (unpaired) electrons. The van der Waals surface area contributed by atoms with E-state index >= 15 is 0 Å². The fourth-order valence-corrected chi connectivity index (χ4v) is 7.83. The van der Waals surface area contributed by atoms with E-state index in [4.69, 9.17) is 9.47 Å². The molecular weight excluding hydrogens is 628 g/mol. The molecule has 252 valence electrons. The Morgan fingerprint density at radius 1 is 1.16 bits per heavy atom. The van der Waals surface area contributed by atoms with Crippen LogP contribution in [0.1, 0.15) is 65.7 Å². The first-order chi connectivity index (χ1) is 21.2. The zero-order valence-corrected chi connectivity index (χ0v) is 27.3. The van der Waals surface area contributed by atoms with Gasteiger partial charge in [-0.25, -0.2) is 13.2 Å². The molecule has 0 unspecified atom stereocenters. The molecule has 3 rings (SSSR count). The van der Waals surface area contributed by atoms with Gasteiger partial charge in [-0.05, 0) is 44.6 Å². The minimum atomic E-state index is -3.51. The number of nitrogens with one attached hydrogen (secondary N) is 2. The van der Waals surface area contributed by atoms with Crippen molar-refractivity contribution in [1.82, 2.24) is 10.6 Å². The molecule has 0 bridgehead atoms. The average Bonchev–Trinajstić information content (AvgIpc) is 3.41. The number of ether oxygens (including phenoxy) is 2. The van der Waals surface area contributed by atoms with Crippen molar-refractivity contribution in [1.29, 1.82) is 0 Å². The smallest absolute Gasteiger partial charge is 0.330 e. The Bertz CT molecular complexity index is 1320. The van der Waals surface area contributed by atoms with Gasteiger partial charge in [0.2, 0.25) is 14.8 Å². The van der Waals surface area contributed by atoms with E-state index in [2.05, 4.69) is 10.6 Å². The molecule has 0 aromatic heterocycles. The van der Waals surface area contributed by atoms with Gasteiger partial charge in [0, 0.05) is 29.2 Å². The Labute approximate surface area is 267 Å². The molecule has 7 atom stereocenters. The highest BCUT2D eigenvalue weighted by atomic mass is 33.1. The van der Waals surface area contributed by atoms with Gasteiger partial charge in [-0.2, -0.15) is 0 Å². The third-order valence-electron chi connectivity index (χ3n) is 7.90. The number of unbranched alkanes of at least 4 members (excludes halogenated alkanes) is 4. The summed E-state index contributed by atoms with van der Waals surface area (Å²) in [5.41, 5.74) is 0.358. The molecule has 0 saturated carbocycles. The maximum absolute atomic E-state index is 12.2. The lowest BCUT2D eigenvalue weighted by atomic mass is 9.86. The summed E-state index contributed by atoms with van der Waals surface area (Å²) in [5.74, 6) is -2.01. The maximum Gasteiger partial charge on any atom is 0.330 e. The first-order valence-corrected chi connectivity index (χ1v) is 18.0. The number of esters is 1. The van der Waals surface area contributed by atoms with Crippen molar-refractivity contribution in [2.24, 2.45) is 11.8 Å². The molecule has 0 aromatic rings. The van der Waals surface area contributed by atoms with E-state index in [-0.39, 0.29) is 59.2 Å². The fourth-order valence-electron chi connectivity index (χ4n) is 4.93. The van der Waals surface area contributed by atoms with Crippen LogP contribution in [0.3, 0.4) is 0 Å². The Kier molecular flexibility index (Phi) is 13.8. The van der Waals surface area contributed by atoms with Gasteiger partial charge >= 0.3 is 5.97 Å². The molecule has 45 heavy (non-hydrogen) atoms. The summed E-state index contributed by atoms with van der Waals surface area (Å²) < 4.78 is 34.2. The van der Waals surface area contributed by atoms with Crippen LogP contribution in [0.15, 0.2) is 45.5 Å². The number of amides is 2. The Morgan fingerprint density at radius 3 is 2.56 bits per heavy atom. The number of hydrogen-bond acceptors (Lipinski definition) is 12. The van der Waals surface area contributed by atoms with Crippen molar-refractivity contribution in [3.8, 4) is 0 Å². The molecule has 13 nitrogen and oxygen atoms in total. The summed E-state index contributed by atoms with van der Waals surface area (Å²) in [4.78, 5) is 36.7. The summed E-state index contributed by atoms with van der Waals surface area (Å²) in [7, 11) is -2.98. The molecule has 6 N–H and O–H groups in total. The number of carbonyl (C=O) groups excluding carboxylic acids is 3. The fraction of sp³-hybridized carbons (Fsp3) is 0.633. The summed E-state index contributed by atoms with van der Waals surface area (Å²) in [6.45, 7) is 5.33. The molecule has 0 aromatic carbocycles. The summed E-state index contributed by atoms with van der Waals surface area (Å²) in [6.07, 6.45) is 3.38. The lowest BCUT2D eigenvalue weighted by Gasteiger charge is -2.39. The second-order valence-electron chi connectivity index (χ2n) is 11.6. The van der Waals surface area contributed by atoms with Crippen molar-refractivity contribution in [3.05, 3.63) is 45.5 Å². The van der Waals surface area contributed by atoms with E-state index in [1.165, 1.54) is 6.92 Å². The van der Waals surface area contributed by atoms with Gasteiger partial charge in [-0.15, -0.1) is 0 Å². The van der Waals surface area contributed by atoms with E-state index < -0.39 is 51.3 Å². The highest BCUT2D eigenvalue weighted by molar-refractivity contribution is 8.75. The molecule has 15 heteroatoms. The molecule has 3 heterocycles. The maximum atomic E-state index is 12.2. The van der Waals surface area contributed by atoms with E-state index in [0.717, 1.165) is 30.7 Å². The predicted octanol–water partition coefficient (Wildman–Crippen LogP) is 1.25. The number of allylic oxidation sites excluding steroid dienone is 1. The minimum absolute atomic E-state index is 0.0482. The van der Waals surface area contributed by atoms with Crippen LogP contribution in [-0.4, -0.2) is 90.4 Å². The van der Waals surface area contributed by atoms with Gasteiger partial charge in [-0.3, -0.25) is 9.59 Å². The van der Waals surface area contributed by atoms with E-state index in [1.54, 1.807) is 6.92 Å². The molecule has 1 fully saturated rings. The Balaban J connectivity index is 1.29. The van der Waals surface area contributed by atoms with E-state index in [1.807, 2.05) is 19.1 Å². The normalized spacial score (nSPS) is 26.7. The number of hydrogen-bond donors (Lipinski definition) is 6. The molecule has 3 aliphatic rings. The van der Waals surface area contributed by atoms with Gasteiger partial charge in [0.25, 0.3) is 5.91 Å². The highest BCUT2D eigenvalue weighted by Gasteiger charge is 2.42. The summed E-state index contributed by atoms with van der Waals surface area (Å²) >= 11 is 0. The van der Waals surface area contributed by atoms with Gasteiger partial charge < -0.3 is 40.5 Å². The number of carbonyl (C=O) groups is 3. The highest BCUT2D eigenvalue weighted by Crippen LogP contribution is 2.41. The third kappa shape index (κ3) is 10.8.